The van der Waals surface area contributed by atoms with E-state index >= 15 is 0 Å². The van der Waals surface area contributed by atoms with E-state index in [0.29, 0.717) is 13.1 Å². The summed E-state index contributed by atoms with van der Waals surface area (Å²) in [6.45, 7) is 2.73. The fraction of sp³-hybridized carbons (Fsp3) is 0.571. The number of halogens is 4. The van der Waals surface area contributed by atoms with Crippen LogP contribution in [0.25, 0.3) is 0 Å². The largest absolute Gasteiger partial charge is 0.391 e. The van der Waals surface area contributed by atoms with Crippen LogP contribution in [0.1, 0.15) is 31.4 Å². The summed E-state index contributed by atoms with van der Waals surface area (Å²) in [5, 5.41) is 0. The van der Waals surface area contributed by atoms with E-state index in [-0.39, 0.29) is 18.9 Å². The predicted molar refractivity (Wildman–Crippen MR) is 77.7 cm³/mol. The lowest BCUT2D eigenvalue weighted by atomic mass is 9.95. The first-order valence-electron chi connectivity index (χ1n) is 6.65. The van der Waals surface area contributed by atoms with Gasteiger partial charge in [0.2, 0.25) is 0 Å². The number of rotatable bonds is 2. The van der Waals surface area contributed by atoms with Crippen LogP contribution in [0.2, 0.25) is 0 Å². The van der Waals surface area contributed by atoms with E-state index < -0.39 is 12.1 Å². The van der Waals surface area contributed by atoms with Crippen LogP contribution in [-0.4, -0.2) is 19.3 Å². The minimum absolute atomic E-state index is 0.150. The second-order valence-electron chi connectivity index (χ2n) is 5.29. The molecule has 1 unspecified atom stereocenters. The van der Waals surface area contributed by atoms with Gasteiger partial charge in [-0.1, -0.05) is 15.9 Å². The van der Waals surface area contributed by atoms with Crippen LogP contribution < -0.4 is 10.6 Å². The van der Waals surface area contributed by atoms with E-state index in [1.54, 1.807) is 0 Å². The zero-order valence-corrected chi connectivity index (χ0v) is 12.8. The van der Waals surface area contributed by atoms with E-state index in [2.05, 4.69) is 15.9 Å². The predicted octanol–water partition coefficient (Wildman–Crippen LogP) is 4.25. The maximum atomic E-state index is 12.7. The van der Waals surface area contributed by atoms with Crippen LogP contribution >= 0.6 is 15.9 Å². The Bertz CT molecular complexity index is 466. The molecular formula is C14H18BrF3N2. The average Bonchev–Trinajstić information content (AvgIpc) is 2.37. The van der Waals surface area contributed by atoms with Crippen molar-refractivity contribution in [1.29, 1.82) is 0 Å². The van der Waals surface area contributed by atoms with Gasteiger partial charge in [0, 0.05) is 29.3 Å². The highest BCUT2D eigenvalue weighted by Crippen LogP contribution is 2.37. The molecule has 1 fully saturated rings. The molecule has 6 heteroatoms. The molecule has 2 N–H and O–H groups in total. The van der Waals surface area contributed by atoms with Gasteiger partial charge >= 0.3 is 6.18 Å². The van der Waals surface area contributed by atoms with Crippen LogP contribution in [0.5, 0.6) is 0 Å². The average molecular weight is 351 g/mol. The van der Waals surface area contributed by atoms with Gasteiger partial charge in [0.25, 0.3) is 0 Å². The fourth-order valence-corrected chi connectivity index (χ4v) is 3.00. The molecule has 1 aromatic carbocycles. The Morgan fingerprint density at radius 1 is 1.30 bits per heavy atom. The van der Waals surface area contributed by atoms with Crippen molar-refractivity contribution < 1.29 is 13.2 Å². The van der Waals surface area contributed by atoms with Gasteiger partial charge in [-0.2, -0.15) is 13.2 Å². The van der Waals surface area contributed by atoms with Gasteiger partial charge < -0.3 is 10.6 Å². The maximum absolute atomic E-state index is 12.7. The zero-order chi connectivity index (χ0) is 14.9. The van der Waals surface area contributed by atoms with Crippen molar-refractivity contribution in [3.05, 3.63) is 28.2 Å². The van der Waals surface area contributed by atoms with E-state index in [0.717, 1.165) is 15.7 Å². The Balaban J connectivity index is 2.15. The quantitative estimate of drug-likeness (QED) is 0.863. The molecule has 1 aromatic rings. The van der Waals surface area contributed by atoms with Gasteiger partial charge in [0.05, 0.1) is 5.92 Å². The first-order chi connectivity index (χ1) is 9.29. The molecule has 1 aliphatic rings. The summed E-state index contributed by atoms with van der Waals surface area (Å²) in [5.41, 5.74) is 7.87. The molecule has 0 aromatic heterocycles. The Morgan fingerprint density at radius 2 is 1.90 bits per heavy atom. The number of alkyl halides is 3. The SMILES string of the molecule is CC(N)c1cc(Br)ccc1N1CCC(C(F)(F)F)CC1. The summed E-state index contributed by atoms with van der Waals surface area (Å²) in [7, 11) is 0. The molecule has 2 rings (SSSR count). The number of piperidine rings is 1. The molecular weight excluding hydrogens is 333 g/mol. The smallest absolute Gasteiger partial charge is 0.371 e. The van der Waals surface area contributed by atoms with Crippen LogP contribution in [-0.2, 0) is 0 Å². The van der Waals surface area contributed by atoms with Crippen molar-refractivity contribution in [2.24, 2.45) is 11.7 Å². The maximum Gasteiger partial charge on any atom is 0.391 e. The Hall–Kier alpha value is -0.750. The van der Waals surface area contributed by atoms with Gasteiger partial charge in [-0.05, 0) is 43.5 Å². The van der Waals surface area contributed by atoms with Crippen LogP contribution in [0, 0.1) is 5.92 Å². The fourth-order valence-electron chi connectivity index (χ4n) is 2.63. The van der Waals surface area contributed by atoms with Crippen molar-refractivity contribution in [2.75, 3.05) is 18.0 Å². The molecule has 1 saturated heterocycles. The van der Waals surface area contributed by atoms with Crippen molar-refractivity contribution in [2.45, 2.75) is 32.0 Å². The monoisotopic (exact) mass is 350 g/mol. The topological polar surface area (TPSA) is 29.3 Å². The Kier molecular flexibility index (Phi) is 4.64. The van der Waals surface area contributed by atoms with E-state index in [9.17, 15) is 13.2 Å². The first-order valence-corrected chi connectivity index (χ1v) is 7.45. The van der Waals surface area contributed by atoms with Gasteiger partial charge in [0.15, 0.2) is 0 Å². The molecule has 112 valence electrons. The summed E-state index contributed by atoms with van der Waals surface area (Å²) in [6.07, 6.45) is -3.77. The van der Waals surface area contributed by atoms with E-state index in [1.165, 1.54) is 0 Å². The van der Waals surface area contributed by atoms with Gasteiger partial charge in [-0.3, -0.25) is 0 Å². The summed E-state index contributed by atoms with van der Waals surface area (Å²) in [6, 6.07) is 5.62. The summed E-state index contributed by atoms with van der Waals surface area (Å²) >= 11 is 3.40. The molecule has 0 amide bonds. The van der Waals surface area contributed by atoms with Gasteiger partial charge in [-0.25, -0.2) is 0 Å². The molecule has 2 nitrogen and oxygen atoms in total. The molecule has 1 heterocycles. The van der Waals surface area contributed by atoms with Gasteiger partial charge in [0.1, 0.15) is 0 Å². The third kappa shape index (κ3) is 3.47. The van der Waals surface area contributed by atoms with E-state index in [1.807, 2.05) is 30.0 Å². The summed E-state index contributed by atoms with van der Waals surface area (Å²) in [5.74, 6) is -1.17. The highest BCUT2D eigenvalue weighted by atomic mass is 79.9. The lowest BCUT2D eigenvalue weighted by Gasteiger charge is -2.36. The van der Waals surface area contributed by atoms with Crippen molar-refractivity contribution >= 4 is 21.6 Å². The highest BCUT2D eigenvalue weighted by molar-refractivity contribution is 9.10. The number of anilines is 1. The molecule has 0 saturated carbocycles. The minimum atomic E-state index is -4.07. The second kappa shape index (κ2) is 5.93. The van der Waals surface area contributed by atoms with Crippen LogP contribution in [0.4, 0.5) is 18.9 Å². The Labute approximate surface area is 125 Å². The number of benzene rings is 1. The minimum Gasteiger partial charge on any atom is -0.371 e. The lowest BCUT2D eigenvalue weighted by molar-refractivity contribution is -0.179. The standard InChI is InChI=1S/C14H18BrF3N2/c1-9(19)12-8-11(15)2-3-13(12)20-6-4-10(5-7-20)14(16,17)18/h2-3,8-10H,4-7,19H2,1H3. The van der Waals surface area contributed by atoms with Crippen molar-refractivity contribution in [1.82, 2.24) is 0 Å². The third-order valence-electron chi connectivity index (χ3n) is 3.78. The molecule has 20 heavy (non-hydrogen) atoms. The molecule has 1 atom stereocenters. The summed E-state index contributed by atoms with van der Waals surface area (Å²) in [4.78, 5) is 2.01. The highest BCUT2D eigenvalue weighted by Gasteiger charge is 2.41. The van der Waals surface area contributed by atoms with E-state index in [4.69, 9.17) is 5.73 Å². The van der Waals surface area contributed by atoms with Crippen LogP contribution in [0.3, 0.4) is 0 Å². The summed E-state index contributed by atoms with van der Waals surface area (Å²) < 4.78 is 39.0. The number of hydrogen-bond donors (Lipinski definition) is 1. The molecule has 0 radical (unpaired) electrons. The lowest BCUT2D eigenvalue weighted by Crippen LogP contribution is -2.39. The Morgan fingerprint density at radius 3 is 2.40 bits per heavy atom. The molecule has 0 spiro atoms. The molecule has 0 bridgehead atoms. The van der Waals surface area contributed by atoms with Crippen LogP contribution in [0.15, 0.2) is 22.7 Å². The number of hydrogen-bond acceptors (Lipinski definition) is 2. The number of nitrogens with two attached hydrogens (primary N) is 1. The van der Waals surface area contributed by atoms with Gasteiger partial charge in [-0.15, -0.1) is 0 Å². The zero-order valence-electron chi connectivity index (χ0n) is 11.3. The second-order valence-corrected chi connectivity index (χ2v) is 6.21. The first kappa shape index (κ1) is 15.6. The van der Waals surface area contributed by atoms with Crippen molar-refractivity contribution in [3.8, 4) is 0 Å². The molecule has 1 aliphatic heterocycles. The van der Waals surface area contributed by atoms with Crippen molar-refractivity contribution in [3.63, 3.8) is 0 Å². The normalized spacial score (nSPS) is 19.2. The molecule has 0 aliphatic carbocycles. The third-order valence-corrected chi connectivity index (χ3v) is 4.27. The number of nitrogens with zero attached hydrogens (tertiary/aromatic N) is 1.